The number of nitrogens with zero attached hydrogens (tertiary/aromatic N) is 5. The largest absolute Gasteiger partial charge is 0.334 e. The van der Waals surface area contributed by atoms with E-state index in [1.54, 1.807) is 9.58 Å². The molecule has 0 unspecified atom stereocenters. The van der Waals surface area contributed by atoms with Crippen LogP contribution in [0.3, 0.4) is 0 Å². The third-order valence-electron chi connectivity index (χ3n) is 5.59. The first-order chi connectivity index (χ1) is 14.9. The van der Waals surface area contributed by atoms with Crippen molar-refractivity contribution in [3.63, 3.8) is 0 Å². The summed E-state index contributed by atoms with van der Waals surface area (Å²) >= 11 is 0. The van der Waals surface area contributed by atoms with Gasteiger partial charge in [-0.3, -0.25) is 14.3 Å². The molecule has 0 bridgehead atoms. The average Bonchev–Trinajstić information content (AvgIpc) is 3.40. The van der Waals surface area contributed by atoms with Crippen LogP contribution in [-0.4, -0.2) is 49.4 Å². The zero-order chi connectivity index (χ0) is 22.0. The van der Waals surface area contributed by atoms with E-state index in [9.17, 15) is 9.59 Å². The third kappa shape index (κ3) is 4.52. The van der Waals surface area contributed by atoms with Crippen LogP contribution in [0.1, 0.15) is 44.3 Å². The van der Waals surface area contributed by atoms with E-state index in [1.807, 2.05) is 74.2 Å². The number of anilines is 1. The average molecular weight is 421 g/mol. The minimum atomic E-state index is -0.630. The molecule has 0 aliphatic carbocycles. The summed E-state index contributed by atoms with van der Waals surface area (Å²) in [4.78, 5) is 27.1. The first-order valence-electron chi connectivity index (χ1n) is 10.7. The van der Waals surface area contributed by atoms with Crippen LogP contribution in [0.2, 0.25) is 0 Å². The highest BCUT2D eigenvalue weighted by molar-refractivity contribution is 6.39. The third-order valence-corrected chi connectivity index (χ3v) is 5.59. The van der Waals surface area contributed by atoms with E-state index in [1.165, 1.54) is 0 Å². The first kappa shape index (κ1) is 20.8. The van der Waals surface area contributed by atoms with Gasteiger partial charge >= 0.3 is 11.8 Å². The Balaban J connectivity index is 1.42. The summed E-state index contributed by atoms with van der Waals surface area (Å²) in [6, 6.07) is 11.9. The molecule has 1 aliphatic rings. The van der Waals surface area contributed by atoms with Crippen LogP contribution in [0.5, 0.6) is 0 Å². The summed E-state index contributed by atoms with van der Waals surface area (Å²) in [5, 5.41) is 11.8. The number of hydrogen-bond donors (Lipinski definition) is 1. The highest BCUT2D eigenvalue weighted by Gasteiger charge is 2.29. The molecule has 162 valence electrons. The van der Waals surface area contributed by atoms with Crippen molar-refractivity contribution in [1.82, 2.24) is 24.5 Å². The molecule has 31 heavy (non-hydrogen) atoms. The molecule has 4 rings (SSSR count). The lowest BCUT2D eigenvalue weighted by molar-refractivity contribution is -0.144. The van der Waals surface area contributed by atoms with Crippen molar-refractivity contribution >= 4 is 17.6 Å². The van der Waals surface area contributed by atoms with E-state index in [4.69, 9.17) is 0 Å². The number of carbonyl (C=O) groups is 2. The maximum atomic E-state index is 12.8. The zero-order valence-electron chi connectivity index (χ0n) is 18.2. The van der Waals surface area contributed by atoms with Crippen molar-refractivity contribution in [1.29, 1.82) is 0 Å². The lowest BCUT2D eigenvalue weighted by Crippen LogP contribution is -2.44. The smallest absolute Gasteiger partial charge is 0.315 e. The minimum Gasteiger partial charge on any atom is -0.334 e. The number of carbonyl (C=O) groups excluding carboxylic acids is 2. The number of likely N-dealkylation sites (tertiary alicyclic amines) is 1. The number of hydrogen-bond acceptors (Lipinski definition) is 4. The fraction of sp³-hybridized carbons (Fsp3) is 0.391. The van der Waals surface area contributed by atoms with Gasteiger partial charge in [0.1, 0.15) is 5.82 Å². The number of aromatic nitrogens is 4. The van der Waals surface area contributed by atoms with E-state index in [0.717, 1.165) is 29.7 Å². The lowest BCUT2D eigenvalue weighted by atomic mass is 10.1. The maximum Gasteiger partial charge on any atom is 0.315 e. The SMILES string of the molecule is Cc1cnn(C2CCN(C(=O)C(=O)Nc3cc(-c4ccccc4)nn3C(C)C)CC2)c1. The summed E-state index contributed by atoms with van der Waals surface area (Å²) in [7, 11) is 0. The number of rotatable bonds is 4. The van der Waals surface area contributed by atoms with Crippen LogP contribution in [0.15, 0.2) is 48.8 Å². The molecule has 0 spiro atoms. The fourth-order valence-electron chi connectivity index (χ4n) is 3.91. The second-order valence-corrected chi connectivity index (χ2v) is 8.29. The van der Waals surface area contributed by atoms with Crippen molar-refractivity contribution in [2.45, 2.75) is 45.7 Å². The Morgan fingerprint density at radius 2 is 1.84 bits per heavy atom. The minimum absolute atomic E-state index is 0.0381. The standard InChI is InChI=1S/C23H28N6O2/c1-16(2)29-21(13-20(26-29)18-7-5-4-6-8-18)25-22(30)23(31)27-11-9-19(10-12-27)28-15-17(3)14-24-28/h4-8,13-16,19H,9-12H2,1-3H3,(H,25,30). The number of nitrogens with one attached hydrogen (secondary N) is 1. The van der Waals surface area contributed by atoms with Gasteiger partial charge in [0, 0.05) is 37.0 Å². The summed E-state index contributed by atoms with van der Waals surface area (Å²) in [5.74, 6) is -0.614. The molecule has 0 radical (unpaired) electrons. The van der Waals surface area contributed by atoms with Gasteiger partial charge in [0.15, 0.2) is 0 Å². The van der Waals surface area contributed by atoms with Crippen molar-refractivity contribution < 1.29 is 9.59 Å². The van der Waals surface area contributed by atoms with Crippen LogP contribution < -0.4 is 5.32 Å². The Morgan fingerprint density at radius 1 is 1.13 bits per heavy atom. The van der Waals surface area contributed by atoms with Gasteiger partial charge in [0.05, 0.1) is 17.9 Å². The number of benzene rings is 1. The highest BCUT2D eigenvalue weighted by Crippen LogP contribution is 2.25. The van der Waals surface area contributed by atoms with Crippen molar-refractivity contribution in [2.24, 2.45) is 0 Å². The molecule has 1 N–H and O–H groups in total. The van der Waals surface area contributed by atoms with Crippen molar-refractivity contribution in [3.8, 4) is 11.3 Å². The van der Waals surface area contributed by atoms with E-state index >= 15 is 0 Å². The first-order valence-corrected chi connectivity index (χ1v) is 10.7. The predicted octanol–water partition coefficient (Wildman–Crippen LogP) is 3.44. The second kappa shape index (κ2) is 8.75. The Labute approximate surface area is 181 Å². The fourth-order valence-corrected chi connectivity index (χ4v) is 3.91. The van der Waals surface area contributed by atoms with Crippen LogP contribution in [-0.2, 0) is 9.59 Å². The Bertz CT molecular complexity index is 1060. The number of aryl methyl sites for hydroxylation is 1. The van der Waals surface area contributed by atoms with Crippen molar-refractivity contribution in [2.75, 3.05) is 18.4 Å². The summed E-state index contributed by atoms with van der Waals surface area (Å²) in [6.07, 6.45) is 5.42. The van der Waals surface area contributed by atoms with E-state index in [-0.39, 0.29) is 12.1 Å². The Hall–Kier alpha value is -3.42. The van der Waals surface area contributed by atoms with Gasteiger partial charge in [-0.15, -0.1) is 0 Å². The molecule has 1 saturated heterocycles. The Kier molecular flexibility index (Phi) is 5.88. The molecule has 1 aromatic carbocycles. The molecular weight excluding hydrogens is 392 g/mol. The van der Waals surface area contributed by atoms with E-state index < -0.39 is 11.8 Å². The number of amides is 2. The van der Waals surface area contributed by atoms with Crippen LogP contribution in [0, 0.1) is 6.92 Å². The van der Waals surface area contributed by atoms with Gasteiger partial charge < -0.3 is 10.2 Å². The highest BCUT2D eigenvalue weighted by atomic mass is 16.2. The molecule has 2 aromatic heterocycles. The molecule has 3 aromatic rings. The molecule has 1 fully saturated rings. The van der Waals surface area contributed by atoms with Crippen LogP contribution in [0.25, 0.3) is 11.3 Å². The van der Waals surface area contributed by atoms with Gasteiger partial charge in [0.2, 0.25) is 0 Å². The van der Waals surface area contributed by atoms with Gasteiger partial charge in [0.25, 0.3) is 0 Å². The van der Waals surface area contributed by atoms with Gasteiger partial charge in [-0.2, -0.15) is 10.2 Å². The molecule has 8 nitrogen and oxygen atoms in total. The summed E-state index contributed by atoms with van der Waals surface area (Å²) < 4.78 is 3.70. The molecule has 1 aliphatic heterocycles. The monoisotopic (exact) mass is 420 g/mol. The zero-order valence-corrected chi connectivity index (χ0v) is 18.2. The van der Waals surface area contributed by atoms with Crippen LogP contribution >= 0.6 is 0 Å². The lowest BCUT2D eigenvalue weighted by Gasteiger charge is -2.31. The van der Waals surface area contributed by atoms with E-state index in [0.29, 0.717) is 18.9 Å². The molecule has 8 heteroatoms. The van der Waals surface area contributed by atoms with Gasteiger partial charge in [-0.05, 0) is 39.2 Å². The second-order valence-electron chi connectivity index (χ2n) is 8.29. The summed E-state index contributed by atoms with van der Waals surface area (Å²) in [5.41, 5.74) is 2.83. The topological polar surface area (TPSA) is 85.1 Å². The predicted molar refractivity (Wildman–Crippen MR) is 118 cm³/mol. The Morgan fingerprint density at radius 3 is 2.45 bits per heavy atom. The normalized spacial score (nSPS) is 14.8. The molecule has 3 heterocycles. The van der Waals surface area contributed by atoms with Gasteiger partial charge in [-0.25, -0.2) is 4.68 Å². The van der Waals surface area contributed by atoms with Gasteiger partial charge in [-0.1, -0.05) is 30.3 Å². The number of piperidine rings is 1. The summed E-state index contributed by atoms with van der Waals surface area (Å²) in [6.45, 7) is 7.06. The molecule has 0 atom stereocenters. The maximum absolute atomic E-state index is 12.8. The van der Waals surface area contributed by atoms with Crippen molar-refractivity contribution in [3.05, 3.63) is 54.4 Å². The molecule has 2 amide bonds. The van der Waals surface area contributed by atoms with Crippen LogP contribution in [0.4, 0.5) is 5.82 Å². The van der Waals surface area contributed by atoms with E-state index in [2.05, 4.69) is 15.5 Å². The quantitative estimate of drug-likeness (QED) is 0.655. The molecule has 0 saturated carbocycles. The molecular formula is C23H28N6O2.